The van der Waals surface area contributed by atoms with Crippen LogP contribution in [0.15, 0.2) is 0 Å². The van der Waals surface area contributed by atoms with Crippen LogP contribution in [0.3, 0.4) is 0 Å². The lowest BCUT2D eigenvalue weighted by atomic mass is 9.70. The smallest absolute Gasteiger partial charge is 0.0571 e. The normalized spacial score (nSPS) is 35.7. The third-order valence-electron chi connectivity index (χ3n) is 3.02. The minimum atomic E-state index is 0.0115. The lowest BCUT2D eigenvalue weighted by Gasteiger charge is -2.38. The highest BCUT2D eigenvalue weighted by Gasteiger charge is 2.34. The fourth-order valence-corrected chi connectivity index (χ4v) is 1.62. The standard InChI is InChI=1S/C9H18O/c1-6(2)7(3)8-4-5-9(8)10/h6-10H,4-5H2,1-3H3. The van der Waals surface area contributed by atoms with Crippen molar-refractivity contribution in [3.63, 3.8) is 0 Å². The van der Waals surface area contributed by atoms with Gasteiger partial charge in [0.15, 0.2) is 0 Å². The van der Waals surface area contributed by atoms with Crippen molar-refractivity contribution in [1.82, 2.24) is 0 Å². The molecule has 0 radical (unpaired) electrons. The molecule has 0 aromatic rings. The fraction of sp³-hybridized carbons (Fsp3) is 1.00. The largest absolute Gasteiger partial charge is 0.393 e. The van der Waals surface area contributed by atoms with E-state index >= 15 is 0 Å². The Labute approximate surface area is 63.4 Å². The Bertz CT molecular complexity index is 105. The van der Waals surface area contributed by atoms with Gasteiger partial charge in [0.2, 0.25) is 0 Å². The maximum Gasteiger partial charge on any atom is 0.0571 e. The first-order valence-electron chi connectivity index (χ1n) is 4.31. The van der Waals surface area contributed by atoms with Crippen molar-refractivity contribution < 1.29 is 5.11 Å². The number of hydrogen-bond acceptors (Lipinski definition) is 1. The summed E-state index contributed by atoms with van der Waals surface area (Å²) in [5.74, 6) is 2.02. The number of aliphatic hydroxyl groups is 1. The minimum absolute atomic E-state index is 0.0115. The Balaban J connectivity index is 2.34. The second-order valence-electron chi connectivity index (χ2n) is 3.91. The van der Waals surface area contributed by atoms with Crippen LogP contribution in [-0.4, -0.2) is 11.2 Å². The maximum absolute atomic E-state index is 9.33. The lowest BCUT2D eigenvalue weighted by Crippen LogP contribution is -2.37. The summed E-state index contributed by atoms with van der Waals surface area (Å²) in [6.45, 7) is 6.71. The van der Waals surface area contributed by atoms with Gasteiger partial charge in [-0.3, -0.25) is 0 Å². The van der Waals surface area contributed by atoms with Crippen molar-refractivity contribution >= 4 is 0 Å². The molecule has 0 bridgehead atoms. The number of aliphatic hydroxyl groups excluding tert-OH is 1. The molecule has 0 heterocycles. The van der Waals surface area contributed by atoms with Crippen molar-refractivity contribution in [2.24, 2.45) is 17.8 Å². The van der Waals surface area contributed by atoms with Gasteiger partial charge in [-0.05, 0) is 30.6 Å². The van der Waals surface area contributed by atoms with Crippen molar-refractivity contribution in [1.29, 1.82) is 0 Å². The van der Waals surface area contributed by atoms with E-state index in [4.69, 9.17) is 0 Å². The molecule has 0 aromatic heterocycles. The van der Waals surface area contributed by atoms with Gasteiger partial charge < -0.3 is 5.11 Å². The summed E-state index contributed by atoms with van der Waals surface area (Å²) in [5, 5.41) is 9.33. The molecule has 1 aliphatic carbocycles. The molecule has 1 nitrogen and oxygen atoms in total. The number of hydrogen-bond donors (Lipinski definition) is 1. The quantitative estimate of drug-likeness (QED) is 0.625. The van der Waals surface area contributed by atoms with E-state index < -0.39 is 0 Å². The zero-order chi connectivity index (χ0) is 7.72. The van der Waals surface area contributed by atoms with Gasteiger partial charge in [0.05, 0.1) is 6.10 Å². The molecule has 10 heavy (non-hydrogen) atoms. The van der Waals surface area contributed by atoms with Crippen molar-refractivity contribution in [2.75, 3.05) is 0 Å². The van der Waals surface area contributed by atoms with Gasteiger partial charge >= 0.3 is 0 Å². The van der Waals surface area contributed by atoms with E-state index in [0.29, 0.717) is 11.8 Å². The highest BCUT2D eigenvalue weighted by molar-refractivity contribution is 4.84. The first-order valence-corrected chi connectivity index (χ1v) is 4.31. The average molecular weight is 142 g/mol. The summed E-state index contributed by atoms with van der Waals surface area (Å²) in [6.07, 6.45) is 2.28. The first-order chi connectivity index (χ1) is 4.63. The predicted octanol–water partition coefficient (Wildman–Crippen LogP) is 2.05. The second-order valence-corrected chi connectivity index (χ2v) is 3.91. The van der Waals surface area contributed by atoms with Crippen LogP contribution in [0.2, 0.25) is 0 Å². The molecule has 0 saturated heterocycles. The van der Waals surface area contributed by atoms with E-state index in [0.717, 1.165) is 12.3 Å². The van der Waals surface area contributed by atoms with Gasteiger partial charge in [-0.1, -0.05) is 20.8 Å². The lowest BCUT2D eigenvalue weighted by molar-refractivity contribution is -0.0169. The zero-order valence-corrected chi connectivity index (χ0v) is 7.17. The molecule has 1 heteroatoms. The molecule has 3 unspecified atom stereocenters. The van der Waals surface area contributed by atoms with Crippen molar-refractivity contribution in [3.8, 4) is 0 Å². The Morgan fingerprint density at radius 2 is 1.80 bits per heavy atom. The van der Waals surface area contributed by atoms with Gasteiger partial charge in [0, 0.05) is 0 Å². The summed E-state index contributed by atoms with van der Waals surface area (Å²) >= 11 is 0. The van der Waals surface area contributed by atoms with Crippen LogP contribution >= 0.6 is 0 Å². The third kappa shape index (κ3) is 1.34. The van der Waals surface area contributed by atoms with E-state index in [2.05, 4.69) is 20.8 Å². The summed E-state index contributed by atoms with van der Waals surface area (Å²) in [5.41, 5.74) is 0. The van der Waals surface area contributed by atoms with Gasteiger partial charge in [-0.2, -0.15) is 0 Å². The fourth-order valence-electron chi connectivity index (χ4n) is 1.62. The molecule has 0 aromatic carbocycles. The molecule has 1 aliphatic rings. The molecule has 1 saturated carbocycles. The molecule has 60 valence electrons. The van der Waals surface area contributed by atoms with Crippen LogP contribution in [0, 0.1) is 17.8 Å². The van der Waals surface area contributed by atoms with E-state index in [1.54, 1.807) is 0 Å². The highest BCUT2D eigenvalue weighted by Crippen LogP contribution is 2.36. The summed E-state index contributed by atoms with van der Waals surface area (Å²) in [7, 11) is 0. The summed E-state index contributed by atoms with van der Waals surface area (Å²) < 4.78 is 0. The topological polar surface area (TPSA) is 20.2 Å². The Kier molecular flexibility index (Phi) is 2.35. The predicted molar refractivity (Wildman–Crippen MR) is 42.7 cm³/mol. The Hall–Kier alpha value is -0.0400. The van der Waals surface area contributed by atoms with Crippen LogP contribution in [0.5, 0.6) is 0 Å². The van der Waals surface area contributed by atoms with Crippen LogP contribution in [0.1, 0.15) is 33.6 Å². The monoisotopic (exact) mass is 142 g/mol. The average Bonchev–Trinajstić information content (AvgIpc) is 1.84. The van der Waals surface area contributed by atoms with Crippen LogP contribution in [0.25, 0.3) is 0 Å². The van der Waals surface area contributed by atoms with Crippen molar-refractivity contribution in [2.45, 2.75) is 39.7 Å². The van der Waals surface area contributed by atoms with Gasteiger partial charge in [0.25, 0.3) is 0 Å². The van der Waals surface area contributed by atoms with E-state index in [1.165, 1.54) is 6.42 Å². The second kappa shape index (κ2) is 2.91. The first kappa shape index (κ1) is 8.06. The SMILES string of the molecule is CC(C)C(C)C1CCC1O. The van der Waals surface area contributed by atoms with Crippen LogP contribution < -0.4 is 0 Å². The summed E-state index contributed by atoms with van der Waals surface area (Å²) in [6, 6.07) is 0. The molecule has 1 rings (SSSR count). The van der Waals surface area contributed by atoms with Crippen LogP contribution in [0.4, 0.5) is 0 Å². The highest BCUT2D eigenvalue weighted by atomic mass is 16.3. The third-order valence-corrected chi connectivity index (χ3v) is 3.02. The molecule has 0 amide bonds. The molecule has 1 fully saturated rings. The minimum Gasteiger partial charge on any atom is -0.393 e. The Morgan fingerprint density at radius 3 is 1.90 bits per heavy atom. The molecule has 0 aliphatic heterocycles. The van der Waals surface area contributed by atoms with Crippen LogP contribution in [-0.2, 0) is 0 Å². The van der Waals surface area contributed by atoms with Gasteiger partial charge in [-0.15, -0.1) is 0 Å². The number of rotatable bonds is 2. The maximum atomic E-state index is 9.33. The van der Waals surface area contributed by atoms with E-state index in [1.807, 2.05) is 0 Å². The molecule has 1 N–H and O–H groups in total. The van der Waals surface area contributed by atoms with Gasteiger partial charge in [-0.25, -0.2) is 0 Å². The van der Waals surface area contributed by atoms with Crippen molar-refractivity contribution in [3.05, 3.63) is 0 Å². The molecule has 3 atom stereocenters. The molecular formula is C9H18O. The van der Waals surface area contributed by atoms with Gasteiger partial charge in [0.1, 0.15) is 0 Å². The zero-order valence-electron chi connectivity index (χ0n) is 7.17. The van der Waals surface area contributed by atoms with E-state index in [-0.39, 0.29) is 6.10 Å². The molecular weight excluding hydrogens is 124 g/mol. The molecule has 0 spiro atoms. The summed E-state index contributed by atoms with van der Waals surface area (Å²) in [4.78, 5) is 0. The van der Waals surface area contributed by atoms with E-state index in [9.17, 15) is 5.11 Å². The Morgan fingerprint density at radius 1 is 1.20 bits per heavy atom.